The summed E-state index contributed by atoms with van der Waals surface area (Å²) >= 11 is 5.09. The lowest BCUT2D eigenvalue weighted by Gasteiger charge is -2.19. The Hall–Kier alpha value is -1.70. The van der Waals surface area contributed by atoms with Gasteiger partial charge in [-0.05, 0) is 38.4 Å². The van der Waals surface area contributed by atoms with E-state index in [0.29, 0.717) is 25.7 Å². The fourth-order valence-electron chi connectivity index (χ4n) is 1.80. The number of unbranched alkanes of at least 4 members (excludes halogenated alkanes) is 1. The minimum Gasteiger partial charge on any atom is -0.481 e. The lowest BCUT2D eigenvalue weighted by molar-refractivity contribution is -0.137. The van der Waals surface area contributed by atoms with Gasteiger partial charge in [-0.1, -0.05) is 13.3 Å². The molecule has 0 aromatic rings. The van der Waals surface area contributed by atoms with Crippen LogP contribution in [0.25, 0.3) is 0 Å². The zero-order valence-corrected chi connectivity index (χ0v) is 14.6. The van der Waals surface area contributed by atoms with Gasteiger partial charge in [0.1, 0.15) is 6.29 Å². The van der Waals surface area contributed by atoms with Crippen LogP contribution >= 0.6 is 12.2 Å². The average Bonchev–Trinajstić information content (AvgIpc) is 2.49. The monoisotopic (exact) mass is 345 g/mol. The van der Waals surface area contributed by atoms with Gasteiger partial charge < -0.3 is 25.9 Å². The molecule has 0 saturated heterocycles. The zero-order chi connectivity index (χ0) is 17.7. The summed E-state index contributed by atoms with van der Waals surface area (Å²) in [5.41, 5.74) is 0. The van der Waals surface area contributed by atoms with Crippen molar-refractivity contribution in [2.75, 3.05) is 6.54 Å². The van der Waals surface area contributed by atoms with Gasteiger partial charge in [0.25, 0.3) is 0 Å². The van der Waals surface area contributed by atoms with E-state index in [2.05, 4.69) is 22.9 Å². The molecule has 23 heavy (non-hydrogen) atoms. The Bertz CT molecular complexity index is 404. The van der Waals surface area contributed by atoms with Crippen molar-refractivity contribution >= 4 is 35.5 Å². The van der Waals surface area contributed by atoms with E-state index < -0.39 is 12.0 Å². The molecule has 8 heteroatoms. The molecule has 4 N–H and O–H groups in total. The molecule has 0 spiro atoms. The number of carbonyl (C=O) groups is 3. The number of nitrogens with one attached hydrogen (secondary N) is 3. The summed E-state index contributed by atoms with van der Waals surface area (Å²) in [6, 6.07) is -0.658. The number of amides is 1. The number of thiocarbonyl (C=S) groups is 1. The molecule has 132 valence electrons. The summed E-state index contributed by atoms with van der Waals surface area (Å²) in [5, 5.41) is 17.5. The Balaban J connectivity index is 3.97. The molecule has 0 aromatic carbocycles. The van der Waals surface area contributed by atoms with Gasteiger partial charge in [-0.3, -0.25) is 9.59 Å². The highest BCUT2D eigenvalue weighted by Crippen LogP contribution is 1.99. The molecule has 0 fully saturated rings. The first-order valence-corrected chi connectivity index (χ1v) is 8.30. The Labute approximate surface area is 142 Å². The Morgan fingerprint density at radius 2 is 1.91 bits per heavy atom. The molecule has 0 saturated carbocycles. The standard InChI is InChI=1S/C15H27N3O4S/c1-3-4-9-16-13(20)7-5-11(2)17-15(23)18-12(10-19)6-8-14(21)22/h10-12H,3-9H2,1-2H3,(H,16,20)(H,21,22)(H2,17,18,23). The van der Waals surface area contributed by atoms with Gasteiger partial charge in [-0.25, -0.2) is 0 Å². The first-order chi connectivity index (χ1) is 10.9. The third kappa shape index (κ3) is 12.5. The summed E-state index contributed by atoms with van der Waals surface area (Å²) in [7, 11) is 0. The van der Waals surface area contributed by atoms with Crippen molar-refractivity contribution in [3.05, 3.63) is 0 Å². The highest BCUT2D eigenvalue weighted by molar-refractivity contribution is 7.80. The van der Waals surface area contributed by atoms with Gasteiger partial charge in [-0.2, -0.15) is 0 Å². The summed E-state index contributed by atoms with van der Waals surface area (Å²) < 4.78 is 0. The molecular weight excluding hydrogens is 318 g/mol. The summed E-state index contributed by atoms with van der Waals surface area (Å²) in [6.45, 7) is 4.65. The molecule has 2 atom stereocenters. The van der Waals surface area contributed by atoms with Crippen molar-refractivity contribution in [3.63, 3.8) is 0 Å². The smallest absolute Gasteiger partial charge is 0.303 e. The van der Waals surface area contributed by atoms with Crippen LogP contribution in [0.3, 0.4) is 0 Å². The minimum atomic E-state index is -0.958. The SMILES string of the molecule is CCCCNC(=O)CCC(C)NC(=S)NC(C=O)CCC(=O)O. The third-order valence-corrected chi connectivity index (χ3v) is 3.42. The van der Waals surface area contributed by atoms with Crippen LogP contribution in [0.4, 0.5) is 0 Å². The van der Waals surface area contributed by atoms with Crippen LogP contribution in [-0.2, 0) is 14.4 Å². The van der Waals surface area contributed by atoms with Crippen LogP contribution in [0.5, 0.6) is 0 Å². The van der Waals surface area contributed by atoms with E-state index in [1.165, 1.54) is 0 Å². The number of carbonyl (C=O) groups excluding carboxylic acids is 2. The summed E-state index contributed by atoms with van der Waals surface area (Å²) in [6.07, 6.45) is 3.73. The number of rotatable bonds is 12. The molecule has 0 aliphatic heterocycles. The van der Waals surface area contributed by atoms with Crippen molar-refractivity contribution in [2.45, 2.75) is 64.5 Å². The second-order valence-corrected chi connectivity index (χ2v) is 5.84. The van der Waals surface area contributed by atoms with E-state index >= 15 is 0 Å². The minimum absolute atomic E-state index is 0.0122. The Morgan fingerprint density at radius 1 is 1.22 bits per heavy atom. The van der Waals surface area contributed by atoms with E-state index in [4.69, 9.17) is 17.3 Å². The van der Waals surface area contributed by atoms with E-state index in [-0.39, 0.29) is 29.9 Å². The van der Waals surface area contributed by atoms with E-state index in [9.17, 15) is 14.4 Å². The van der Waals surface area contributed by atoms with Crippen LogP contribution in [0.15, 0.2) is 0 Å². The molecule has 7 nitrogen and oxygen atoms in total. The lowest BCUT2D eigenvalue weighted by Crippen LogP contribution is -2.46. The number of carboxylic acids is 1. The molecule has 1 amide bonds. The largest absolute Gasteiger partial charge is 0.481 e. The van der Waals surface area contributed by atoms with Crippen molar-refractivity contribution in [1.29, 1.82) is 0 Å². The maximum atomic E-state index is 11.6. The molecule has 0 radical (unpaired) electrons. The second kappa shape index (κ2) is 12.8. The molecular formula is C15H27N3O4S. The molecule has 0 aliphatic carbocycles. The quantitative estimate of drug-likeness (QED) is 0.237. The van der Waals surface area contributed by atoms with Crippen molar-refractivity contribution < 1.29 is 19.5 Å². The first kappa shape index (κ1) is 21.3. The molecule has 0 heterocycles. The first-order valence-electron chi connectivity index (χ1n) is 7.89. The molecule has 0 rings (SSSR count). The Morgan fingerprint density at radius 3 is 2.48 bits per heavy atom. The lowest BCUT2D eigenvalue weighted by atomic mass is 10.1. The number of aliphatic carboxylic acids is 1. The van der Waals surface area contributed by atoms with Gasteiger partial charge in [0.2, 0.25) is 5.91 Å². The van der Waals surface area contributed by atoms with Crippen molar-refractivity contribution in [2.24, 2.45) is 0 Å². The van der Waals surface area contributed by atoms with Crippen LogP contribution < -0.4 is 16.0 Å². The normalized spacial score (nSPS) is 12.8. The van der Waals surface area contributed by atoms with Gasteiger partial charge >= 0.3 is 5.97 Å². The van der Waals surface area contributed by atoms with E-state index in [1.54, 1.807) is 0 Å². The van der Waals surface area contributed by atoms with Crippen molar-refractivity contribution in [1.82, 2.24) is 16.0 Å². The maximum absolute atomic E-state index is 11.6. The van der Waals surface area contributed by atoms with Gasteiger partial charge in [0.15, 0.2) is 5.11 Å². The van der Waals surface area contributed by atoms with E-state index in [0.717, 1.165) is 12.8 Å². The van der Waals surface area contributed by atoms with E-state index in [1.807, 2.05) is 6.92 Å². The average molecular weight is 345 g/mol. The number of hydrogen-bond donors (Lipinski definition) is 4. The fourth-order valence-corrected chi connectivity index (χ4v) is 2.15. The number of carboxylic acid groups (broad SMARTS) is 1. The van der Waals surface area contributed by atoms with Crippen LogP contribution in [0.1, 0.15) is 52.4 Å². The summed E-state index contributed by atoms with van der Waals surface area (Å²) in [5.74, 6) is -0.946. The van der Waals surface area contributed by atoms with Crippen LogP contribution in [0.2, 0.25) is 0 Å². The molecule has 0 aromatic heterocycles. The fraction of sp³-hybridized carbons (Fsp3) is 0.733. The Kier molecular flexibility index (Phi) is 11.9. The van der Waals surface area contributed by atoms with Crippen molar-refractivity contribution in [3.8, 4) is 0 Å². The molecule has 2 unspecified atom stereocenters. The molecule has 0 bridgehead atoms. The summed E-state index contributed by atoms with van der Waals surface area (Å²) in [4.78, 5) is 33.0. The van der Waals surface area contributed by atoms with Gasteiger partial charge in [0.05, 0.1) is 6.04 Å². The third-order valence-electron chi connectivity index (χ3n) is 3.18. The molecule has 0 aliphatic rings. The zero-order valence-electron chi connectivity index (χ0n) is 13.8. The highest BCUT2D eigenvalue weighted by atomic mass is 32.1. The predicted octanol–water partition coefficient (Wildman–Crippen LogP) is 0.968. The topological polar surface area (TPSA) is 108 Å². The highest BCUT2D eigenvalue weighted by Gasteiger charge is 2.13. The maximum Gasteiger partial charge on any atom is 0.303 e. The second-order valence-electron chi connectivity index (χ2n) is 5.44. The number of hydrogen-bond acceptors (Lipinski definition) is 4. The predicted molar refractivity (Wildman–Crippen MR) is 92.2 cm³/mol. The van der Waals surface area contributed by atoms with Crippen LogP contribution in [-0.4, -0.2) is 47.0 Å². The van der Waals surface area contributed by atoms with Gasteiger partial charge in [-0.15, -0.1) is 0 Å². The number of aldehydes is 1. The van der Waals surface area contributed by atoms with Crippen LogP contribution in [0, 0.1) is 0 Å². The van der Waals surface area contributed by atoms with Gasteiger partial charge in [0, 0.05) is 25.4 Å².